The van der Waals surface area contributed by atoms with Crippen molar-refractivity contribution >= 4 is 21.6 Å². The van der Waals surface area contributed by atoms with Crippen molar-refractivity contribution in [2.75, 3.05) is 17.3 Å². The van der Waals surface area contributed by atoms with Gasteiger partial charge < -0.3 is 4.42 Å². The molecule has 0 N–H and O–H groups in total. The molecule has 2 aromatic carbocycles. The lowest BCUT2D eigenvalue weighted by Gasteiger charge is -2.00. The van der Waals surface area contributed by atoms with E-state index in [1.54, 1.807) is 6.92 Å². The van der Waals surface area contributed by atoms with E-state index in [9.17, 15) is 8.42 Å². The fourth-order valence-corrected chi connectivity index (χ4v) is 4.45. The summed E-state index contributed by atoms with van der Waals surface area (Å²) in [6.45, 7) is 1.66. The summed E-state index contributed by atoms with van der Waals surface area (Å²) in [4.78, 5) is 4.60. The first-order valence-electron chi connectivity index (χ1n) is 8.04. The SMILES string of the molecule is CCS(=O)(=O)CCSc1nc(-c2ccccc2)c(-c2ccccc2)o1. The molecule has 0 aliphatic heterocycles. The molecule has 0 atom stereocenters. The number of nitrogens with zero attached hydrogens (tertiary/aromatic N) is 1. The average molecular weight is 373 g/mol. The number of aromatic nitrogens is 1. The van der Waals surface area contributed by atoms with Crippen molar-refractivity contribution in [3.05, 3.63) is 60.7 Å². The summed E-state index contributed by atoms with van der Waals surface area (Å²) in [5, 5.41) is 0.490. The van der Waals surface area contributed by atoms with E-state index in [2.05, 4.69) is 4.98 Å². The molecule has 0 unspecified atom stereocenters. The largest absolute Gasteiger partial charge is 0.431 e. The molecular weight excluding hydrogens is 354 g/mol. The zero-order chi connectivity index (χ0) is 17.7. The Bertz CT molecular complexity index is 863. The number of hydrogen-bond donors (Lipinski definition) is 0. The highest BCUT2D eigenvalue weighted by Crippen LogP contribution is 2.35. The third kappa shape index (κ3) is 4.52. The van der Waals surface area contributed by atoms with Crippen LogP contribution in [0, 0.1) is 0 Å². The Morgan fingerprint density at radius 3 is 2.16 bits per heavy atom. The van der Waals surface area contributed by atoms with Gasteiger partial charge in [0.25, 0.3) is 5.22 Å². The molecule has 25 heavy (non-hydrogen) atoms. The van der Waals surface area contributed by atoms with Crippen LogP contribution >= 0.6 is 11.8 Å². The van der Waals surface area contributed by atoms with Crippen LogP contribution in [0.2, 0.25) is 0 Å². The molecule has 0 fully saturated rings. The average Bonchev–Trinajstić information content (AvgIpc) is 3.07. The Morgan fingerprint density at radius 1 is 0.960 bits per heavy atom. The van der Waals surface area contributed by atoms with Crippen LogP contribution in [0.5, 0.6) is 0 Å². The Labute approximate surface area is 152 Å². The highest BCUT2D eigenvalue weighted by atomic mass is 32.2. The second-order valence-corrected chi connectivity index (χ2v) is 8.99. The van der Waals surface area contributed by atoms with Gasteiger partial charge in [-0.3, -0.25) is 0 Å². The Morgan fingerprint density at radius 2 is 1.56 bits per heavy atom. The molecule has 4 nitrogen and oxygen atoms in total. The quantitative estimate of drug-likeness (QED) is 0.569. The van der Waals surface area contributed by atoms with Gasteiger partial charge in [0.2, 0.25) is 0 Å². The Hall–Kier alpha value is -2.05. The van der Waals surface area contributed by atoms with Crippen molar-refractivity contribution in [1.29, 1.82) is 0 Å². The molecule has 130 valence electrons. The first-order valence-corrected chi connectivity index (χ1v) is 10.8. The van der Waals surface area contributed by atoms with E-state index in [1.807, 2.05) is 60.7 Å². The minimum absolute atomic E-state index is 0.123. The minimum atomic E-state index is -2.99. The van der Waals surface area contributed by atoms with Gasteiger partial charge in [0.15, 0.2) is 15.6 Å². The first-order chi connectivity index (χ1) is 12.1. The third-order valence-electron chi connectivity index (χ3n) is 3.75. The summed E-state index contributed by atoms with van der Waals surface area (Å²) in [5.74, 6) is 1.41. The molecule has 0 aliphatic carbocycles. The third-order valence-corrected chi connectivity index (χ3v) is 6.54. The summed E-state index contributed by atoms with van der Waals surface area (Å²) < 4.78 is 29.2. The van der Waals surface area contributed by atoms with Gasteiger partial charge in [-0.2, -0.15) is 0 Å². The van der Waals surface area contributed by atoms with Crippen LogP contribution in [0.1, 0.15) is 6.92 Å². The van der Waals surface area contributed by atoms with E-state index in [0.717, 1.165) is 16.8 Å². The number of oxazole rings is 1. The zero-order valence-electron chi connectivity index (χ0n) is 13.9. The zero-order valence-corrected chi connectivity index (χ0v) is 15.5. The normalized spacial score (nSPS) is 11.6. The summed E-state index contributed by atoms with van der Waals surface area (Å²) in [6, 6.07) is 19.6. The molecule has 3 rings (SSSR count). The Balaban J connectivity index is 1.90. The van der Waals surface area contributed by atoms with Crippen LogP contribution in [0.15, 0.2) is 70.3 Å². The van der Waals surface area contributed by atoms with Gasteiger partial charge in [0.1, 0.15) is 5.69 Å². The van der Waals surface area contributed by atoms with Crippen molar-refractivity contribution in [3.8, 4) is 22.6 Å². The minimum Gasteiger partial charge on any atom is -0.431 e. The lowest BCUT2D eigenvalue weighted by Crippen LogP contribution is -2.10. The number of rotatable bonds is 7. The van der Waals surface area contributed by atoms with Crippen LogP contribution in [-0.4, -0.2) is 30.7 Å². The van der Waals surface area contributed by atoms with Crippen molar-refractivity contribution in [2.45, 2.75) is 12.1 Å². The molecule has 6 heteroatoms. The van der Waals surface area contributed by atoms with Gasteiger partial charge in [-0.25, -0.2) is 13.4 Å². The fourth-order valence-electron chi connectivity index (χ4n) is 2.34. The molecule has 1 aromatic heterocycles. The first kappa shape index (κ1) is 17.8. The van der Waals surface area contributed by atoms with E-state index in [0.29, 0.717) is 16.7 Å². The van der Waals surface area contributed by atoms with Crippen molar-refractivity contribution in [3.63, 3.8) is 0 Å². The lowest BCUT2D eigenvalue weighted by molar-refractivity contribution is 0.466. The van der Waals surface area contributed by atoms with Gasteiger partial charge in [-0.15, -0.1) is 0 Å². The molecule has 0 saturated heterocycles. The number of thioether (sulfide) groups is 1. The monoisotopic (exact) mass is 373 g/mol. The molecule has 0 amide bonds. The smallest absolute Gasteiger partial charge is 0.256 e. The van der Waals surface area contributed by atoms with Crippen LogP contribution in [0.25, 0.3) is 22.6 Å². The maximum atomic E-state index is 11.6. The highest BCUT2D eigenvalue weighted by Gasteiger charge is 2.17. The molecular formula is C19H19NO3S2. The Kier molecular flexibility index (Phi) is 5.60. The lowest BCUT2D eigenvalue weighted by atomic mass is 10.1. The maximum Gasteiger partial charge on any atom is 0.256 e. The van der Waals surface area contributed by atoms with Gasteiger partial charge >= 0.3 is 0 Å². The number of benzene rings is 2. The van der Waals surface area contributed by atoms with Crippen molar-refractivity contribution < 1.29 is 12.8 Å². The maximum absolute atomic E-state index is 11.6. The molecule has 1 heterocycles. The molecule has 0 aliphatic rings. The van der Waals surface area contributed by atoms with Gasteiger partial charge in [0.05, 0.1) is 5.75 Å². The van der Waals surface area contributed by atoms with Crippen LogP contribution in [0.4, 0.5) is 0 Å². The van der Waals surface area contributed by atoms with E-state index < -0.39 is 9.84 Å². The number of sulfone groups is 1. The molecule has 0 bridgehead atoms. The van der Waals surface area contributed by atoms with E-state index in [4.69, 9.17) is 4.42 Å². The summed E-state index contributed by atoms with van der Waals surface area (Å²) in [5.41, 5.74) is 2.69. The predicted molar refractivity (Wildman–Crippen MR) is 102 cm³/mol. The van der Waals surface area contributed by atoms with E-state index in [1.165, 1.54) is 11.8 Å². The standard InChI is InChI=1S/C19H19NO3S2/c1-2-25(21,22)14-13-24-19-20-17(15-9-5-3-6-10-15)18(23-19)16-11-7-4-8-12-16/h3-12H,2,13-14H2,1H3. The van der Waals surface area contributed by atoms with Crippen LogP contribution in [-0.2, 0) is 9.84 Å². The summed E-state index contributed by atoms with van der Waals surface area (Å²) in [7, 11) is -2.99. The van der Waals surface area contributed by atoms with E-state index in [-0.39, 0.29) is 11.5 Å². The van der Waals surface area contributed by atoms with Crippen LogP contribution < -0.4 is 0 Å². The molecule has 0 radical (unpaired) electrons. The summed E-state index contributed by atoms with van der Waals surface area (Å²) in [6.07, 6.45) is 0. The van der Waals surface area contributed by atoms with Crippen LogP contribution in [0.3, 0.4) is 0 Å². The molecule has 0 spiro atoms. The van der Waals surface area contributed by atoms with Gasteiger partial charge in [-0.05, 0) is 0 Å². The van der Waals surface area contributed by atoms with E-state index >= 15 is 0 Å². The number of hydrogen-bond acceptors (Lipinski definition) is 5. The van der Waals surface area contributed by atoms with Crippen molar-refractivity contribution in [1.82, 2.24) is 4.98 Å². The highest BCUT2D eigenvalue weighted by molar-refractivity contribution is 8.00. The van der Waals surface area contributed by atoms with Gasteiger partial charge in [-0.1, -0.05) is 79.3 Å². The topological polar surface area (TPSA) is 60.2 Å². The second-order valence-electron chi connectivity index (χ2n) is 5.47. The second kappa shape index (κ2) is 7.89. The fraction of sp³-hybridized carbons (Fsp3) is 0.211. The molecule has 0 saturated carbocycles. The summed E-state index contributed by atoms with van der Waals surface area (Å²) >= 11 is 1.33. The predicted octanol–water partition coefficient (Wildman–Crippen LogP) is 4.54. The van der Waals surface area contributed by atoms with Gasteiger partial charge in [0, 0.05) is 22.6 Å². The van der Waals surface area contributed by atoms with Crippen molar-refractivity contribution in [2.24, 2.45) is 0 Å². The molecule has 3 aromatic rings.